The van der Waals surface area contributed by atoms with E-state index >= 15 is 0 Å². The van der Waals surface area contributed by atoms with Gasteiger partial charge in [0.2, 0.25) is 10.0 Å². The summed E-state index contributed by atoms with van der Waals surface area (Å²) in [6.07, 6.45) is -0.590. The van der Waals surface area contributed by atoms with Gasteiger partial charge in [-0.3, -0.25) is 4.57 Å². The van der Waals surface area contributed by atoms with Crippen molar-refractivity contribution in [2.75, 3.05) is 12.3 Å². The molecule has 0 spiro atoms. The zero-order chi connectivity index (χ0) is 21.3. The maximum atomic E-state index is 12.2. The summed E-state index contributed by atoms with van der Waals surface area (Å²) in [5.74, 6) is 0.168. The molecule has 1 saturated heterocycles. The molecule has 1 aromatic carbocycles. The van der Waals surface area contributed by atoms with Crippen LogP contribution in [0, 0.1) is 0 Å². The maximum absolute atomic E-state index is 12.2. The molecule has 5 N–H and O–H groups in total. The van der Waals surface area contributed by atoms with Gasteiger partial charge in [0.15, 0.2) is 17.7 Å². The number of hydrogen-bond acceptors (Lipinski definition) is 9. The van der Waals surface area contributed by atoms with Crippen molar-refractivity contribution in [3.05, 3.63) is 54.0 Å². The average Bonchev–Trinajstić information content (AvgIpc) is 3.29. The van der Waals surface area contributed by atoms with Crippen LogP contribution >= 0.6 is 0 Å². The minimum Gasteiger partial charge on any atom is -0.387 e. The maximum Gasteiger partial charge on any atom is 0.233 e. The molecular formula is C18H20N6O5S. The normalized spacial score (nSPS) is 24.7. The highest BCUT2D eigenvalue weighted by Gasteiger charge is 2.44. The zero-order valence-electron chi connectivity index (χ0n) is 15.6. The molecule has 158 valence electrons. The summed E-state index contributed by atoms with van der Waals surface area (Å²) < 4.78 is 33.9. The summed E-state index contributed by atoms with van der Waals surface area (Å²) in [5.41, 5.74) is 7.14. The van der Waals surface area contributed by atoms with E-state index in [1.54, 1.807) is 24.3 Å². The second kappa shape index (κ2) is 8.08. The smallest absolute Gasteiger partial charge is 0.233 e. The first-order valence-electron chi connectivity index (χ1n) is 9.03. The number of imidazole rings is 1. The molecule has 0 bridgehead atoms. The molecule has 1 fully saturated rings. The molecule has 4 atom stereocenters. The molecule has 11 nitrogen and oxygen atoms in total. The minimum atomic E-state index is -3.78. The second-order valence-corrected chi connectivity index (χ2v) is 8.39. The minimum absolute atomic E-state index is 0.168. The number of ether oxygens (including phenoxy) is 1. The number of aliphatic hydroxyl groups excluding tert-OH is 2. The van der Waals surface area contributed by atoms with Crippen molar-refractivity contribution in [1.82, 2.24) is 24.2 Å². The van der Waals surface area contributed by atoms with Gasteiger partial charge in [0.25, 0.3) is 0 Å². The molecule has 3 aromatic rings. The monoisotopic (exact) mass is 432 g/mol. The fourth-order valence-electron chi connectivity index (χ4n) is 3.16. The van der Waals surface area contributed by atoms with E-state index in [1.807, 2.05) is 6.07 Å². The Labute approximate surface area is 171 Å². The lowest BCUT2D eigenvalue weighted by molar-refractivity contribution is -0.0329. The lowest BCUT2D eigenvalue weighted by atomic mass is 10.1. The van der Waals surface area contributed by atoms with E-state index in [0.717, 1.165) is 11.0 Å². The van der Waals surface area contributed by atoms with Gasteiger partial charge in [-0.2, -0.15) is 0 Å². The molecule has 0 amide bonds. The largest absolute Gasteiger partial charge is 0.387 e. The van der Waals surface area contributed by atoms with Gasteiger partial charge in [-0.15, -0.1) is 0 Å². The SMILES string of the molecule is Nc1ncnc2c1ncn2[C@@H]1O[C@H](CNS(=O)(=O)/C=C/c2ccccc2)[C@@H](O)[C@H]1O. The number of aromatic nitrogens is 4. The standard InChI is InChI=1S/C18H20N6O5S/c19-16-13-17(21-9-20-16)24(10-22-13)18-15(26)14(25)12(29-18)8-23-30(27,28)7-6-11-4-2-1-3-5-11/h1-7,9-10,12,14-15,18,23,25-26H,8H2,(H2,19,20,21)/b7-6+/t12-,14-,15-,18-/m1/s1. The number of hydrogen-bond donors (Lipinski definition) is 4. The quantitative estimate of drug-likeness (QED) is 0.406. The summed E-state index contributed by atoms with van der Waals surface area (Å²) in [6.45, 7) is -0.236. The Morgan fingerprint density at radius 3 is 2.70 bits per heavy atom. The number of nitrogen functional groups attached to an aromatic ring is 1. The van der Waals surface area contributed by atoms with Crippen LogP contribution in [0.15, 0.2) is 48.4 Å². The number of nitrogens with zero attached hydrogens (tertiary/aromatic N) is 4. The third-order valence-electron chi connectivity index (χ3n) is 4.72. The fourth-order valence-corrected chi connectivity index (χ4v) is 3.99. The topological polar surface area (TPSA) is 165 Å². The first-order chi connectivity index (χ1) is 14.4. The van der Waals surface area contributed by atoms with Gasteiger partial charge in [-0.25, -0.2) is 28.1 Å². The second-order valence-electron chi connectivity index (χ2n) is 6.74. The van der Waals surface area contributed by atoms with Crippen molar-refractivity contribution >= 4 is 33.1 Å². The highest BCUT2D eigenvalue weighted by Crippen LogP contribution is 2.31. The predicted octanol–water partition coefficient (Wildman–Crippen LogP) is -0.382. The van der Waals surface area contributed by atoms with Crippen LogP contribution in [0.25, 0.3) is 17.2 Å². The fraction of sp³-hybridized carbons (Fsp3) is 0.278. The number of benzene rings is 1. The van der Waals surface area contributed by atoms with Crippen molar-refractivity contribution < 1.29 is 23.4 Å². The van der Waals surface area contributed by atoms with Crippen molar-refractivity contribution in [2.24, 2.45) is 0 Å². The van der Waals surface area contributed by atoms with Gasteiger partial charge in [0.05, 0.1) is 6.33 Å². The first-order valence-corrected chi connectivity index (χ1v) is 10.6. The van der Waals surface area contributed by atoms with Crippen LogP contribution in [0.4, 0.5) is 5.82 Å². The highest BCUT2D eigenvalue weighted by atomic mass is 32.2. The molecule has 0 unspecified atom stereocenters. The van der Waals surface area contributed by atoms with Crippen LogP contribution in [-0.4, -0.2) is 63.0 Å². The average molecular weight is 432 g/mol. The van der Waals surface area contributed by atoms with Crippen LogP contribution in [0.2, 0.25) is 0 Å². The van der Waals surface area contributed by atoms with Crippen molar-refractivity contribution in [1.29, 1.82) is 0 Å². The molecule has 1 aliphatic heterocycles. The Hall–Kier alpha value is -2.90. The number of fused-ring (bicyclic) bond motifs is 1. The van der Waals surface area contributed by atoms with Crippen molar-refractivity contribution in [2.45, 2.75) is 24.5 Å². The number of sulfonamides is 1. The third-order valence-corrected chi connectivity index (χ3v) is 5.79. The summed E-state index contributed by atoms with van der Waals surface area (Å²) in [5, 5.41) is 21.8. The van der Waals surface area contributed by atoms with E-state index in [2.05, 4.69) is 19.7 Å². The predicted molar refractivity (Wildman–Crippen MR) is 108 cm³/mol. The summed E-state index contributed by atoms with van der Waals surface area (Å²) in [7, 11) is -3.78. The summed E-state index contributed by atoms with van der Waals surface area (Å²) in [6, 6.07) is 8.95. The molecular weight excluding hydrogens is 412 g/mol. The lowest BCUT2D eigenvalue weighted by Gasteiger charge is -2.16. The third kappa shape index (κ3) is 4.04. The van der Waals surface area contributed by atoms with Crippen LogP contribution in [0.3, 0.4) is 0 Å². The Morgan fingerprint density at radius 1 is 1.17 bits per heavy atom. The number of rotatable bonds is 6. The first kappa shape index (κ1) is 20.4. The Morgan fingerprint density at radius 2 is 1.93 bits per heavy atom. The number of aliphatic hydroxyl groups is 2. The van der Waals surface area contributed by atoms with Gasteiger partial charge in [0.1, 0.15) is 30.2 Å². The summed E-state index contributed by atoms with van der Waals surface area (Å²) in [4.78, 5) is 12.0. The molecule has 12 heteroatoms. The molecule has 3 heterocycles. The Balaban J connectivity index is 1.46. The van der Waals surface area contributed by atoms with E-state index in [4.69, 9.17) is 10.5 Å². The molecule has 0 radical (unpaired) electrons. The Kier molecular flexibility index (Phi) is 5.49. The van der Waals surface area contributed by atoms with Crippen LogP contribution in [-0.2, 0) is 14.8 Å². The lowest BCUT2D eigenvalue weighted by Crippen LogP contribution is -2.39. The molecule has 30 heavy (non-hydrogen) atoms. The molecule has 4 rings (SSSR count). The van der Waals surface area contributed by atoms with E-state index in [-0.39, 0.29) is 12.4 Å². The highest BCUT2D eigenvalue weighted by molar-refractivity contribution is 7.92. The Bertz CT molecular complexity index is 1170. The van der Waals surface area contributed by atoms with Crippen molar-refractivity contribution in [3.8, 4) is 0 Å². The molecule has 1 aliphatic rings. The molecule has 0 aliphatic carbocycles. The zero-order valence-corrected chi connectivity index (χ0v) is 16.4. The number of anilines is 1. The number of nitrogens with two attached hydrogens (primary N) is 1. The van der Waals surface area contributed by atoms with Gasteiger partial charge in [0, 0.05) is 12.0 Å². The summed E-state index contributed by atoms with van der Waals surface area (Å²) >= 11 is 0. The van der Waals surface area contributed by atoms with Gasteiger partial charge >= 0.3 is 0 Å². The van der Waals surface area contributed by atoms with Gasteiger partial charge < -0.3 is 20.7 Å². The van der Waals surface area contributed by atoms with Crippen LogP contribution in [0.1, 0.15) is 11.8 Å². The van der Waals surface area contributed by atoms with Crippen molar-refractivity contribution in [3.63, 3.8) is 0 Å². The van der Waals surface area contributed by atoms with Crippen LogP contribution < -0.4 is 10.5 Å². The van der Waals surface area contributed by atoms with E-state index in [0.29, 0.717) is 11.2 Å². The van der Waals surface area contributed by atoms with E-state index in [1.165, 1.54) is 23.3 Å². The van der Waals surface area contributed by atoms with E-state index in [9.17, 15) is 18.6 Å². The van der Waals surface area contributed by atoms with Gasteiger partial charge in [-0.05, 0) is 11.6 Å². The van der Waals surface area contributed by atoms with Gasteiger partial charge in [-0.1, -0.05) is 30.3 Å². The van der Waals surface area contributed by atoms with E-state index < -0.39 is 34.6 Å². The molecule has 0 saturated carbocycles. The van der Waals surface area contributed by atoms with Crippen LogP contribution in [0.5, 0.6) is 0 Å². The molecule has 2 aromatic heterocycles. The number of nitrogens with one attached hydrogen (secondary N) is 1.